The van der Waals surface area contributed by atoms with Gasteiger partial charge in [-0.05, 0) is 37.0 Å². The van der Waals surface area contributed by atoms with Gasteiger partial charge in [0.1, 0.15) is 5.00 Å². The second-order valence-corrected chi connectivity index (χ2v) is 5.36. The van der Waals surface area contributed by atoms with Crippen LogP contribution in [0.2, 0.25) is 0 Å². The molecule has 0 saturated heterocycles. The Balaban J connectivity index is 1.84. The minimum Gasteiger partial charge on any atom is -0.375 e. The number of anilines is 1. The molecule has 0 aliphatic rings. The van der Waals surface area contributed by atoms with Crippen molar-refractivity contribution in [3.05, 3.63) is 24.3 Å². The van der Waals surface area contributed by atoms with E-state index in [1.165, 1.54) is 11.5 Å². The van der Waals surface area contributed by atoms with Crippen LogP contribution in [0.15, 0.2) is 24.3 Å². The van der Waals surface area contributed by atoms with E-state index < -0.39 is 0 Å². The first kappa shape index (κ1) is 13.8. The molecule has 4 nitrogen and oxygen atoms in total. The van der Waals surface area contributed by atoms with E-state index in [1.54, 1.807) is 0 Å². The van der Waals surface area contributed by atoms with Gasteiger partial charge in [0, 0.05) is 24.4 Å². The predicted octanol–water partition coefficient (Wildman–Crippen LogP) is 3.01. The number of carbonyl (C=O) groups excluding carboxylic acids is 1. The molecule has 2 aromatic rings. The summed E-state index contributed by atoms with van der Waals surface area (Å²) in [6, 6.07) is 8.26. The van der Waals surface area contributed by atoms with Crippen molar-refractivity contribution in [3.63, 3.8) is 0 Å². The number of aromatic nitrogens is 1. The van der Waals surface area contributed by atoms with E-state index in [1.807, 2.05) is 31.2 Å². The monoisotopic (exact) mass is 277 g/mol. The Bertz CT molecular complexity index is 552. The number of hydrogen-bond donors (Lipinski definition) is 2. The van der Waals surface area contributed by atoms with Gasteiger partial charge in [-0.2, -0.15) is 4.37 Å². The van der Waals surface area contributed by atoms with Gasteiger partial charge in [0.15, 0.2) is 0 Å². The van der Waals surface area contributed by atoms with E-state index >= 15 is 0 Å². The molecule has 102 valence electrons. The molecular weight excluding hydrogens is 258 g/mol. The third-order valence-corrected chi connectivity index (χ3v) is 3.88. The molecule has 0 radical (unpaired) electrons. The molecule has 2 N–H and O–H groups in total. The van der Waals surface area contributed by atoms with Crippen LogP contribution in [0.25, 0.3) is 10.9 Å². The topological polar surface area (TPSA) is 54.0 Å². The van der Waals surface area contributed by atoms with Gasteiger partial charge < -0.3 is 10.6 Å². The normalized spacial score (nSPS) is 12.3. The number of carbonyl (C=O) groups is 1. The van der Waals surface area contributed by atoms with E-state index in [2.05, 4.69) is 21.9 Å². The molecule has 0 fully saturated rings. The van der Waals surface area contributed by atoms with E-state index in [4.69, 9.17) is 0 Å². The molecule has 1 unspecified atom stereocenters. The Labute approximate surface area is 117 Å². The number of hydrogen-bond acceptors (Lipinski definition) is 4. The Morgan fingerprint density at radius 1 is 1.42 bits per heavy atom. The third kappa shape index (κ3) is 3.67. The maximum Gasteiger partial charge on any atom is 0.221 e. The minimum atomic E-state index is 0.0932. The van der Waals surface area contributed by atoms with Gasteiger partial charge in [0.2, 0.25) is 5.91 Å². The highest BCUT2D eigenvalue weighted by Crippen LogP contribution is 2.26. The summed E-state index contributed by atoms with van der Waals surface area (Å²) < 4.78 is 4.36. The zero-order valence-electron chi connectivity index (χ0n) is 11.3. The molecule has 5 heteroatoms. The second-order valence-electron chi connectivity index (χ2n) is 4.58. The average Bonchev–Trinajstić information content (AvgIpc) is 2.82. The van der Waals surface area contributed by atoms with Crippen LogP contribution in [-0.4, -0.2) is 22.9 Å². The van der Waals surface area contributed by atoms with Crippen LogP contribution in [0.1, 0.15) is 26.7 Å². The Kier molecular flexibility index (Phi) is 4.74. The van der Waals surface area contributed by atoms with Crippen LogP contribution in [0, 0.1) is 0 Å². The summed E-state index contributed by atoms with van der Waals surface area (Å²) >= 11 is 1.44. The number of nitrogens with one attached hydrogen (secondary N) is 2. The second kappa shape index (κ2) is 6.52. The molecule has 0 spiro atoms. The molecule has 1 heterocycles. The van der Waals surface area contributed by atoms with Crippen LogP contribution in [0.5, 0.6) is 0 Å². The van der Waals surface area contributed by atoms with Crippen LogP contribution in [-0.2, 0) is 4.79 Å². The lowest BCUT2D eigenvalue weighted by molar-refractivity contribution is -0.121. The summed E-state index contributed by atoms with van der Waals surface area (Å²) in [5.41, 5.74) is 0.999. The van der Waals surface area contributed by atoms with Crippen LogP contribution < -0.4 is 10.6 Å². The van der Waals surface area contributed by atoms with Gasteiger partial charge in [-0.1, -0.05) is 19.1 Å². The lowest BCUT2D eigenvalue weighted by atomic mass is 10.2. The van der Waals surface area contributed by atoms with Gasteiger partial charge in [-0.3, -0.25) is 4.79 Å². The highest BCUT2D eigenvalue weighted by molar-refractivity contribution is 7.11. The van der Waals surface area contributed by atoms with Gasteiger partial charge in [-0.15, -0.1) is 0 Å². The number of fused-ring (bicyclic) bond motifs is 1. The minimum absolute atomic E-state index is 0.0932. The summed E-state index contributed by atoms with van der Waals surface area (Å²) in [5.74, 6) is 0.0932. The molecule has 19 heavy (non-hydrogen) atoms. The first-order valence-electron chi connectivity index (χ1n) is 6.58. The molecule has 0 bridgehead atoms. The SMILES string of the molecule is CCC(C)NC(=O)CCNc1snc2ccccc12. The Hall–Kier alpha value is -1.62. The maximum atomic E-state index is 11.6. The molecule has 0 saturated carbocycles. The fourth-order valence-electron chi connectivity index (χ4n) is 1.76. The summed E-state index contributed by atoms with van der Waals surface area (Å²) in [6.07, 6.45) is 1.44. The lowest BCUT2D eigenvalue weighted by Crippen LogP contribution is -2.32. The van der Waals surface area contributed by atoms with E-state index in [0.717, 1.165) is 22.3 Å². The molecule has 0 aliphatic heterocycles. The maximum absolute atomic E-state index is 11.6. The quantitative estimate of drug-likeness (QED) is 0.853. The smallest absolute Gasteiger partial charge is 0.221 e. The summed E-state index contributed by atoms with van der Waals surface area (Å²) in [5, 5.41) is 8.40. The van der Waals surface area contributed by atoms with Crippen molar-refractivity contribution in [3.8, 4) is 0 Å². The molecule has 1 aromatic carbocycles. The molecule has 1 aromatic heterocycles. The summed E-state index contributed by atoms with van der Waals surface area (Å²) in [6.45, 7) is 4.71. The largest absolute Gasteiger partial charge is 0.375 e. The van der Waals surface area contributed by atoms with Crippen LogP contribution in [0.4, 0.5) is 5.00 Å². The lowest BCUT2D eigenvalue weighted by Gasteiger charge is -2.11. The van der Waals surface area contributed by atoms with E-state index in [9.17, 15) is 4.79 Å². The first-order valence-corrected chi connectivity index (χ1v) is 7.35. The summed E-state index contributed by atoms with van der Waals surface area (Å²) in [4.78, 5) is 11.6. The van der Waals surface area contributed by atoms with Gasteiger partial charge in [0.25, 0.3) is 0 Å². The van der Waals surface area contributed by atoms with Crippen LogP contribution in [0.3, 0.4) is 0 Å². The number of nitrogens with zero attached hydrogens (tertiary/aromatic N) is 1. The Morgan fingerprint density at radius 2 is 2.21 bits per heavy atom. The molecule has 1 atom stereocenters. The van der Waals surface area contributed by atoms with Gasteiger partial charge in [0.05, 0.1) is 5.52 Å². The van der Waals surface area contributed by atoms with Gasteiger partial charge in [-0.25, -0.2) is 0 Å². The van der Waals surface area contributed by atoms with Crippen molar-refractivity contribution in [1.29, 1.82) is 0 Å². The standard InChI is InChI=1S/C14H19N3OS/c1-3-10(2)16-13(18)8-9-15-14-11-6-4-5-7-12(11)17-19-14/h4-7,10,15H,3,8-9H2,1-2H3,(H,16,18). The van der Waals surface area contributed by atoms with Crippen molar-refractivity contribution in [1.82, 2.24) is 9.69 Å². The molecule has 1 amide bonds. The van der Waals surface area contributed by atoms with Crippen molar-refractivity contribution in [2.75, 3.05) is 11.9 Å². The van der Waals surface area contributed by atoms with E-state index in [0.29, 0.717) is 13.0 Å². The zero-order chi connectivity index (χ0) is 13.7. The predicted molar refractivity (Wildman–Crippen MR) is 80.6 cm³/mol. The van der Waals surface area contributed by atoms with Crippen molar-refractivity contribution >= 4 is 33.3 Å². The number of benzene rings is 1. The number of amides is 1. The third-order valence-electron chi connectivity index (χ3n) is 3.04. The van der Waals surface area contributed by atoms with Crippen molar-refractivity contribution in [2.45, 2.75) is 32.7 Å². The molecule has 0 aliphatic carbocycles. The highest BCUT2D eigenvalue weighted by Gasteiger charge is 2.07. The van der Waals surface area contributed by atoms with Crippen molar-refractivity contribution < 1.29 is 4.79 Å². The fraction of sp³-hybridized carbons (Fsp3) is 0.429. The average molecular weight is 277 g/mol. The van der Waals surface area contributed by atoms with Crippen molar-refractivity contribution in [2.24, 2.45) is 0 Å². The first-order chi connectivity index (χ1) is 9.20. The number of rotatable bonds is 6. The summed E-state index contributed by atoms with van der Waals surface area (Å²) in [7, 11) is 0. The Morgan fingerprint density at radius 3 is 3.00 bits per heavy atom. The molecular formula is C14H19N3OS. The fourth-order valence-corrected chi connectivity index (χ4v) is 2.54. The van der Waals surface area contributed by atoms with Gasteiger partial charge >= 0.3 is 0 Å². The zero-order valence-corrected chi connectivity index (χ0v) is 12.1. The molecule has 2 rings (SSSR count). The van der Waals surface area contributed by atoms with Crippen LogP contribution >= 0.6 is 11.5 Å². The van der Waals surface area contributed by atoms with E-state index in [-0.39, 0.29) is 11.9 Å². The highest BCUT2D eigenvalue weighted by atomic mass is 32.1.